The van der Waals surface area contributed by atoms with E-state index in [0.29, 0.717) is 11.5 Å². The fraction of sp³-hybridized carbons (Fsp3) is 0.556. The Kier molecular flexibility index (Phi) is 8.21. The van der Waals surface area contributed by atoms with Crippen molar-refractivity contribution in [3.05, 3.63) is 53.3 Å². The number of methoxy groups -OCH3 is 2. The quantitative estimate of drug-likeness (QED) is 0.541. The van der Waals surface area contributed by atoms with Crippen LogP contribution < -0.4 is 9.47 Å². The molecule has 1 fully saturated rings. The van der Waals surface area contributed by atoms with Crippen molar-refractivity contribution in [3.63, 3.8) is 0 Å². The summed E-state index contributed by atoms with van der Waals surface area (Å²) in [5, 5.41) is 0. The molecular formula is C27H37N3O3. The topological polar surface area (TPSA) is 54.9 Å². The highest BCUT2D eigenvalue weighted by molar-refractivity contribution is 5.97. The molecule has 0 aliphatic carbocycles. The second kappa shape index (κ2) is 11.5. The highest BCUT2D eigenvalue weighted by Gasteiger charge is 2.27. The van der Waals surface area contributed by atoms with Crippen molar-refractivity contribution in [2.75, 3.05) is 46.9 Å². The van der Waals surface area contributed by atoms with E-state index in [4.69, 9.17) is 9.47 Å². The minimum absolute atomic E-state index is 0.124. The summed E-state index contributed by atoms with van der Waals surface area (Å²) < 4.78 is 10.8. The molecule has 2 aliphatic heterocycles. The van der Waals surface area contributed by atoms with Gasteiger partial charge in [0.2, 0.25) is 0 Å². The van der Waals surface area contributed by atoms with Gasteiger partial charge in [0.1, 0.15) is 0 Å². The van der Waals surface area contributed by atoms with Gasteiger partial charge in [-0.3, -0.25) is 9.78 Å². The highest BCUT2D eigenvalue weighted by Crippen LogP contribution is 2.33. The lowest BCUT2D eigenvalue weighted by Crippen LogP contribution is -2.39. The Hall–Kier alpha value is -2.60. The number of fused-ring (bicyclic) bond motifs is 1. The maximum absolute atomic E-state index is 13.1. The Morgan fingerprint density at radius 1 is 1.03 bits per heavy atom. The second-order valence-electron chi connectivity index (χ2n) is 9.32. The fourth-order valence-corrected chi connectivity index (χ4v) is 5.28. The molecule has 0 N–H and O–H groups in total. The smallest absolute Gasteiger partial charge is 0.254 e. The summed E-state index contributed by atoms with van der Waals surface area (Å²) in [6, 6.07) is 8.03. The summed E-state index contributed by atoms with van der Waals surface area (Å²) in [7, 11) is 3.25. The van der Waals surface area contributed by atoms with E-state index >= 15 is 0 Å². The zero-order chi connectivity index (χ0) is 23.0. The van der Waals surface area contributed by atoms with Crippen molar-refractivity contribution in [1.82, 2.24) is 14.8 Å². The summed E-state index contributed by atoms with van der Waals surface area (Å²) in [5.41, 5.74) is 3.20. The van der Waals surface area contributed by atoms with E-state index in [1.165, 1.54) is 50.9 Å². The van der Waals surface area contributed by atoms with Gasteiger partial charge in [0.25, 0.3) is 5.91 Å². The monoisotopic (exact) mass is 451 g/mol. The van der Waals surface area contributed by atoms with Gasteiger partial charge < -0.3 is 19.3 Å². The molecule has 6 heteroatoms. The van der Waals surface area contributed by atoms with E-state index in [9.17, 15) is 4.79 Å². The maximum atomic E-state index is 13.1. The molecule has 4 rings (SSSR count). The molecule has 0 saturated carbocycles. The van der Waals surface area contributed by atoms with Gasteiger partial charge in [-0.05, 0) is 99.3 Å². The Labute approximate surface area is 197 Å². The van der Waals surface area contributed by atoms with E-state index in [0.717, 1.165) is 49.4 Å². The third-order valence-electron chi connectivity index (χ3n) is 7.11. The molecule has 33 heavy (non-hydrogen) atoms. The average Bonchev–Trinajstić information content (AvgIpc) is 2.85. The minimum Gasteiger partial charge on any atom is -0.493 e. The molecular weight excluding hydrogens is 414 g/mol. The molecule has 0 bridgehead atoms. The average molecular weight is 452 g/mol. The Bertz CT molecular complexity index is 918. The molecule has 178 valence electrons. The first kappa shape index (κ1) is 23.6. The maximum Gasteiger partial charge on any atom is 0.254 e. The SMILES string of the molecule is COc1cc2c(cc1OC)C(=O)N(CCCC1CCCN(CCCc3ccncc3)C1)CC2. The van der Waals surface area contributed by atoms with Crippen molar-refractivity contribution in [3.8, 4) is 11.5 Å². The summed E-state index contributed by atoms with van der Waals surface area (Å²) >= 11 is 0. The van der Waals surface area contributed by atoms with Crippen molar-refractivity contribution in [2.24, 2.45) is 5.92 Å². The molecule has 0 radical (unpaired) electrons. The lowest BCUT2D eigenvalue weighted by atomic mass is 9.92. The van der Waals surface area contributed by atoms with Gasteiger partial charge in [0.05, 0.1) is 14.2 Å². The van der Waals surface area contributed by atoms with E-state index in [1.54, 1.807) is 14.2 Å². The van der Waals surface area contributed by atoms with Gasteiger partial charge in [0.15, 0.2) is 11.5 Å². The third-order valence-corrected chi connectivity index (χ3v) is 7.11. The number of likely N-dealkylation sites (tertiary alicyclic amines) is 1. The first-order valence-electron chi connectivity index (χ1n) is 12.3. The van der Waals surface area contributed by atoms with Crippen LogP contribution in [0.4, 0.5) is 0 Å². The van der Waals surface area contributed by atoms with E-state index in [2.05, 4.69) is 22.0 Å². The van der Waals surface area contributed by atoms with E-state index in [-0.39, 0.29) is 5.91 Å². The van der Waals surface area contributed by atoms with Crippen LogP contribution in [0.2, 0.25) is 0 Å². The zero-order valence-electron chi connectivity index (χ0n) is 20.1. The number of carbonyl (C=O) groups is 1. The van der Waals surface area contributed by atoms with Crippen molar-refractivity contribution >= 4 is 5.91 Å². The number of pyridine rings is 1. The van der Waals surface area contributed by atoms with Gasteiger partial charge >= 0.3 is 0 Å². The Morgan fingerprint density at radius 2 is 1.82 bits per heavy atom. The van der Waals surface area contributed by atoms with Crippen LogP contribution in [-0.2, 0) is 12.8 Å². The zero-order valence-corrected chi connectivity index (χ0v) is 20.1. The Balaban J connectivity index is 1.22. The number of aromatic nitrogens is 1. The van der Waals surface area contributed by atoms with Crippen LogP contribution >= 0.6 is 0 Å². The molecule has 2 aliphatic rings. The Morgan fingerprint density at radius 3 is 2.61 bits per heavy atom. The summed E-state index contributed by atoms with van der Waals surface area (Å²) in [6.07, 6.45) is 11.8. The van der Waals surface area contributed by atoms with Crippen LogP contribution in [-0.4, -0.2) is 67.6 Å². The van der Waals surface area contributed by atoms with Gasteiger partial charge in [-0.1, -0.05) is 0 Å². The lowest BCUT2D eigenvalue weighted by Gasteiger charge is -2.34. The molecule has 2 aromatic rings. The van der Waals surface area contributed by atoms with E-state index < -0.39 is 0 Å². The summed E-state index contributed by atoms with van der Waals surface area (Å²) in [6.45, 7) is 5.22. The van der Waals surface area contributed by atoms with Crippen LogP contribution in [0.15, 0.2) is 36.7 Å². The van der Waals surface area contributed by atoms with Gasteiger partial charge in [0, 0.05) is 37.6 Å². The number of hydrogen-bond donors (Lipinski definition) is 0. The standard InChI is InChI=1S/C27H37N3O3/c1-32-25-18-23-11-17-30(27(31)24(23)19-26(25)33-2)16-5-8-22-7-4-15-29(20-22)14-3-6-21-9-12-28-13-10-21/h9-10,12-13,18-19,22H,3-8,11,14-17,20H2,1-2H3. The number of ether oxygens (including phenoxy) is 2. The predicted molar refractivity (Wildman–Crippen MR) is 130 cm³/mol. The lowest BCUT2D eigenvalue weighted by molar-refractivity contribution is 0.0729. The number of benzene rings is 1. The first-order valence-corrected chi connectivity index (χ1v) is 12.3. The molecule has 1 amide bonds. The summed E-state index contributed by atoms with van der Waals surface area (Å²) in [5.74, 6) is 2.19. The van der Waals surface area contributed by atoms with Crippen molar-refractivity contribution in [2.45, 2.75) is 44.9 Å². The van der Waals surface area contributed by atoms with Crippen LogP contribution in [0.1, 0.15) is 53.6 Å². The second-order valence-corrected chi connectivity index (χ2v) is 9.32. The van der Waals surface area contributed by atoms with Crippen molar-refractivity contribution in [1.29, 1.82) is 0 Å². The molecule has 6 nitrogen and oxygen atoms in total. The molecule has 1 atom stereocenters. The molecule has 1 unspecified atom stereocenters. The minimum atomic E-state index is 0.124. The molecule has 1 aromatic carbocycles. The van der Waals surface area contributed by atoms with Gasteiger partial charge in [-0.25, -0.2) is 0 Å². The predicted octanol–water partition coefficient (Wildman–Crippen LogP) is 4.22. The number of rotatable bonds is 10. The number of carbonyl (C=O) groups excluding carboxylic acids is 1. The van der Waals surface area contributed by atoms with Crippen molar-refractivity contribution < 1.29 is 14.3 Å². The molecule has 1 aromatic heterocycles. The number of hydrogen-bond acceptors (Lipinski definition) is 5. The number of nitrogens with zero attached hydrogens (tertiary/aromatic N) is 3. The van der Waals surface area contributed by atoms with Crippen LogP contribution in [0.25, 0.3) is 0 Å². The number of piperidine rings is 1. The summed E-state index contributed by atoms with van der Waals surface area (Å²) in [4.78, 5) is 21.8. The largest absolute Gasteiger partial charge is 0.493 e. The third kappa shape index (κ3) is 6.05. The van der Waals surface area contributed by atoms with E-state index in [1.807, 2.05) is 29.4 Å². The highest BCUT2D eigenvalue weighted by atomic mass is 16.5. The molecule has 1 saturated heterocycles. The van der Waals surface area contributed by atoms with Crippen LogP contribution in [0, 0.1) is 5.92 Å². The normalized spacial score (nSPS) is 18.8. The fourth-order valence-electron chi connectivity index (χ4n) is 5.28. The first-order chi connectivity index (χ1) is 16.2. The van der Waals surface area contributed by atoms with Gasteiger partial charge in [-0.15, -0.1) is 0 Å². The molecule has 3 heterocycles. The van der Waals surface area contributed by atoms with Crippen LogP contribution in [0.5, 0.6) is 11.5 Å². The number of amides is 1. The van der Waals surface area contributed by atoms with Crippen LogP contribution in [0.3, 0.4) is 0 Å². The number of aryl methyl sites for hydroxylation is 1. The molecule has 0 spiro atoms. The van der Waals surface area contributed by atoms with Gasteiger partial charge in [-0.2, -0.15) is 0 Å².